The van der Waals surface area contributed by atoms with Gasteiger partial charge in [0.15, 0.2) is 0 Å². The minimum Gasteiger partial charge on any atom is -0.311 e. The molecule has 3 aliphatic carbocycles. The van der Waals surface area contributed by atoms with Crippen molar-refractivity contribution in [1.82, 2.24) is 0 Å². The first kappa shape index (κ1) is 43.9. The largest absolute Gasteiger partial charge is 0.311 e. The quantitative estimate of drug-likeness (QED) is 0.129. The fourth-order valence-electron chi connectivity index (χ4n) is 13.5. The Morgan fingerprint density at radius 2 is 1.22 bits per heavy atom. The van der Waals surface area contributed by atoms with Crippen LogP contribution >= 0.6 is 11.3 Å². The van der Waals surface area contributed by atoms with Gasteiger partial charge in [-0.1, -0.05) is 155 Å². The smallest absolute Gasteiger partial charge is 0.264 e. The van der Waals surface area contributed by atoms with Crippen molar-refractivity contribution in [2.75, 3.05) is 9.80 Å². The van der Waals surface area contributed by atoms with E-state index >= 15 is 0 Å². The molecule has 1 aromatic heterocycles. The van der Waals surface area contributed by atoms with Crippen LogP contribution in [0.2, 0.25) is 0 Å². The highest BCUT2D eigenvalue weighted by atomic mass is 32.1. The summed E-state index contributed by atoms with van der Waals surface area (Å²) in [6.07, 6.45) is 7.45. The molecule has 1 saturated carbocycles. The summed E-state index contributed by atoms with van der Waals surface area (Å²) in [5, 5.41) is 1.36. The van der Waals surface area contributed by atoms with Gasteiger partial charge in [-0.2, -0.15) is 0 Å². The minimum absolute atomic E-state index is 0.0144. The molecule has 4 heteroatoms. The molecule has 12 rings (SSSR count). The molecule has 1 fully saturated rings. The van der Waals surface area contributed by atoms with Gasteiger partial charge in [-0.25, -0.2) is 0 Å². The topological polar surface area (TPSA) is 6.48 Å². The normalized spacial score (nSPS) is 21.2. The molecule has 5 aliphatic rings. The molecule has 6 aromatic carbocycles. The van der Waals surface area contributed by atoms with E-state index in [0.29, 0.717) is 11.8 Å². The summed E-state index contributed by atoms with van der Waals surface area (Å²) in [7, 11) is 0. The standard InChI is InChI=1S/C64H69BN2S/c1-38-30-40-37-64(36-38,29-28-39(40)2)44-32-54-57-55(33-44)67(46-25-20-42(21-26-46)61(6,7)8)58-49-34-48-47-16-14-15-17-50(47)63(12,13)51(48)35-56(49)68-59(58)65(57)52-31-43(62(9,10)11)22-27-53(52)66(54)45-23-18-41(19-24-45)60(3,4)5/h14-28,31-35,38,40H,29-30,36-37H2,1-13H3. The van der Waals surface area contributed by atoms with Crippen molar-refractivity contribution in [2.24, 2.45) is 11.8 Å². The van der Waals surface area contributed by atoms with Gasteiger partial charge in [-0.15, -0.1) is 11.3 Å². The first-order valence-electron chi connectivity index (χ1n) is 25.6. The summed E-state index contributed by atoms with van der Waals surface area (Å²) in [5.41, 5.74) is 23.6. The number of thiophene rings is 1. The van der Waals surface area contributed by atoms with Crippen molar-refractivity contribution >= 4 is 78.0 Å². The molecule has 0 radical (unpaired) electrons. The zero-order valence-corrected chi connectivity index (χ0v) is 43.7. The summed E-state index contributed by atoms with van der Waals surface area (Å²) in [6, 6.07) is 46.5. The monoisotopic (exact) mass is 909 g/mol. The zero-order chi connectivity index (χ0) is 47.6. The molecule has 0 amide bonds. The number of hydrogen-bond acceptors (Lipinski definition) is 3. The van der Waals surface area contributed by atoms with Crippen LogP contribution < -0.4 is 25.5 Å². The van der Waals surface area contributed by atoms with E-state index in [-0.39, 0.29) is 33.8 Å². The van der Waals surface area contributed by atoms with Crippen molar-refractivity contribution < 1.29 is 0 Å². The maximum Gasteiger partial charge on any atom is 0.264 e. The predicted molar refractivity (Wildman–Crippen MR) is 296 cm³/mol. The average Bonchev–Trinajstić information content (AvgIpc) is 3.76. The van der Waals surface area contributed by atoms with Crippen LogP contribution in [0.4, 0.5) is 34.1 Å². The van der Waals surface area contributed by atoms with Gasteiger partial charge in [0.1, 0.15) is 0 Å². The van der Waals surface area contributed by atoms with Crippen molar-refractivity contribution in [3.63, 3.8) is 0 Å². The Hall–Kier alpha value is -5.32. The second-order valence-electron chi connectivity index (χ2n) is 25.4. The third-order valence-corrected chi connectivity index (χ3v) is 18.6. The third kappa shape index (κ3) is 6.48. The van der Waals surface area contributed by atoms with Gasteiger partial charge in [0.05, 0.1) is 5.69 Å². The Balaban J connectivity index is 1.21. The Labute approximate surface area is 411 Å². The molecule has 0 N–H and O–H groups in total. The first-order valence-corrected chi connectivity index (χ1v) is 26.5. The van der Waals surface area contributed by atoms with E-state index in [2.05, 4.69) is 221 Å². The van der Waals surface area contributed by atoms with E-state index in [1.165, 1.54) is 124 Å². The number of benzene rings is 6. The molecule has 2 bridgehead atoms. The number of nitrogens with zero attached hydrogens (tertiary/aromatic N) is 2. The molecule has 2 aliphatic heterocycles. The number of rotatable bonds is 3. The van der Waals surface area contributed by atoms with E-state index in [9.17, 15) is 0 Å². The lowest BCUT2D eigenvalue weighted by molar-refractivity contribution is 0.175. The van der Waals surface area contributed by atoms with Crippen molar-refractivity contribution in [3.8, 4) is 11.1 Å². The van der Waals surface area contributed by atoms with Gasteiger partial charge in [-0.3, -0.25) is 0 Å². The lowest BCUT2D eigenvalue weighted by atomic mass is 9.35. The van der Waals surface area contributed by atoms with Crippen LogP contribution in [0.15, 0.2) is 127 Å². The van der Waals surface area contributed by atoms with E-state index in [4.69, 9.17) is 0 Å². The molecular weight excluding hydrogens is 840 g/mol. The predicted octanol–water partition coefficient (Wildman–Crippen LogP) is 16.2. The van der Waals surface area contributed by atoms with Crippen LogP contribution in [0.1, 0.15) is 149 Å². The summed E-state index contributed by atoms with van der Waals surface area (Å²) >= 11 is 2.05. The average molecular weight is 909 g/mol. The minimum atomic E-state index is -0.0820. The molecule has 344 valence electrons. The van der Waals surface area contributed by atoms with Gasteiger partial charge in [-0.05, 0) is 176 Å². The highest BCUT2D eigenvalue weighted by molar-refractivity contribution is 7.33. The zero-order valence-electron chi connectivity index (χ0n) is 42.9. The Morgan fingerprint density at radius 1 is 0.618 bits per heavy atom. The first-order chi connectivity index (χ1) is 32.1. The van der Waals surface area contributed by atoms with Gasteiger partial charge >= 0.3 is 0 Å². The van der Waals surface area contributed by atoms with Gasteiger partial charge in [0.25, 0.3) is 6.71 Å². The maximum atomic E-state index is 2.74. The molecule has 68 heavy (non-hydrogen) atoms. The van der Waals surface area contributed by atoms with Crippen LogP contribution in [-0.4, -0.2) is 6.71 Å². The second kappa shape index (κ2) is 14.6. The molecule has 2 nitrogen and oxygen atoms in total. The summed E-state index contributed by atoms with van der Waals surface area (Å²) in [4.78, 5) is 5.41. The van der Waals surface area contributed by atoms with Crippen molar-refractivity contribution in [1.29, 1.82) is 0 Å². The molecule has 0 spiro atoms. The molecule has 3 atom stereocenters. The van der Waals surface area contributed by atoms with Crippen LogP contribution in [-0.2, 0) is 27.1 Å². The SMILES string of the molecule is CC1=CCC2(c3cc4c5c(c3)N(c3ccc(C(C)(C)C)cc3)c3c(sc6cc7c(cc36)-c3ccccc3C7(C)C)B5c3cc(C(C)(C)C)ccc3N4c3ccc(C(C)(C)C)cc3)CC(C)CC1C2. The highest BCUT2D eigenvalue weighted by Gasteiger charge is 2.49. The van der Waals surface area contributed by atoms with Crippen molar-refractivity contribution in [2.45, 2.75) is 143 Å². The van der Waals surface area contributed by atoms with Crippen LogP contribution in [0, 0.1) is 11.8 Å². The molecule has 7 aromatic rings. The number of fused-ring (bicyclic) bond motifs is 11. The summed E-state index contributed by atoms with van der Waals surface area (Å²) in [6.45, 7) is 31.0. The summed E-state index contributed by atoms with van der Waals surface area (Å²) in [5.74, 6) is 1.30. The fraction of sp³-hybridized carbons (Fsp3) is 0.375. The number of anilines is 6. The van der Waals surface area contributed by atoms with E-state index in [1.807, 2.05) is 11.3 Å². The molecule has 3 unspecified atom stereocenters. The maximum absolute atomic E-state index is 2.74. The van der Waals surface area contributed by atoms with Crippen molar-refractivity contribution in [3.05, 3.63) is 160 Å². The summed E-state index contributed by atoms with van der Waals surface area (Å²) < 4.78 is 2.83. The van der Waals surface area contributed by atoms with E-state index in [0.717, 1.165) is 6.42 Å². The Kier molecular flexibility index (Phi) is 9.44. The number of allylic oxidation sites excluding steroid dienone is 2. The van der Waals surface area contributed by atoms with E-state index < -0.39 is 0 Å². The molecule has 0 saturated heterocycles. The third-order valence-electron chi connectivity index (χ3n) is 17.3. The lowest BCUT2D eigenvalue weighted by Gasteiger charge is -2.49. The molecule has 3 heterocycles. The highest BCUT2D eigenvalue weighted by Crippen LogP contribution is 2.57. The Morgan fingerprint density at radius 3 is 1.87 bits per heavy atom. The number of hydrogen-bond donors (Lipinski definition) is 0. The van der Waals surface area contributed by atoms with Gasteiger partial charge in [0.2, 0.25) is 0 Å². The van der Waals surface area contributed by atoms with E-state index in [1.54, 1.807) is 5.57 Å². The Bertz CT molecular complexity index is 3250. The fourth-order valence-corrected chi connectivity index (χ4v) is 14.8. The van der Waals surface area contributed by atoms with Gasteiger partial charge in [0, 0.05) is 48.7 Å². The van der Waals surface area contributed by atoms with Crippen LogP contribution in [0.3, 0.4) is 0 Å². The lowest BCUT2D eigenvalue weighted by Crippen LogP contribution is -2.60. The van der Waals surface area contributed by atoms with Crippen LogP contribution in [0.25, 0.3) is 21.2 Å². The van der Waals surface area contributed by atoms with Gasteiger partial charge < -0.3 is 9.80 Å². The molecular formula is C64H69BN2S. The second-order valence-corrected chi connectivity index (χ2v) is 26.5. The van der Waals surface area contributed by atoms with Crippen LogP contribution in [0.5, 0.6) is 0 Å².